The molecule has 0 aliphatic carbocycles. The summed E-state index contributed by atoms with van der Waals surface area (Å²) in [6.45, 7) is -0.392. The Morgan fingerprint density at radius 2 is 2.00 bits per heavy atom. The van der Waals surface area contributed by atoms with Gasteiger partial charge in [0, 0.05) is 11.0 Å². The van der Waals surface area contributed by atoms with Crippen molar-refractivity contribution in [2.75, 3.05) is 0 Å². The van der Waals surface area contributed by atoms with Gasteiger partial charge in [0.25, 0.3) is 0 Å². The molecule has 88 valence electrons. The highest BCUT2D eigenvalue weighted by molar-refractivity contribution is 9.10. The molecule has 16 heavy (non-hydrogen) atoms. The van der Waals surface area contributed by atoms with Gasteiger partial charge in [0.2, 0.25) is 0 Å². The van der Waals surface area contributed by atoms with Gasteiger partial charge in [-0.2, -0.15) is 13.2 Å². The van der Waals surface area contributed by atoms with Crippen molar-refractivity contribution in [1.29, 1.82) is 0 Å². The second-order valence-corrected chi connectivity index (χ2v) is 3.77. The highest BCUT2D eigenvalue weighted by Gasteiger charge is 2.38. The summed E-state index contributed by atoms with van der Waals surface area (Å²) in [7, 11) is 0. The molecule has 0 atom stereocenters. The van der Waals surface area contributed by atoms with Gasteiger partial charge in [-0.3, -0.25) is 4.79 Å². The first-order chi connectivity index (χ1) is 7.30. The maximum absolute atomic E-state index is 12.7. The van der Waals surface area contributed by atoms with E-state index in [1.54, 1.807) is 5.32 Å². The predicted octanol–water partition coefficient (Wildman–Crippen LogP) is 2.77. The van der Waals surface area contributed by atoms with Crippen LogP contribution in [-0.4, -0.2) is 12.1 Å². The topological polar surface area (TPSA) is 29.1 Å². The maximum Gasteiger partial charge on any atom is 0.471 e. The monoisotopic (exact) mass is 299 g/mol. The van der Waals surface area contributed by atoms with Crippen LogP contribution in [0.25, 0.3) is 0 Å². The zero-order chi connectivity index (χ0) is 12.3. The molecule has 0 heterocycles. The van der Waals surface area contributed by atoms with Crippen LogP contribution in [0.3, 0.4) is 0 Å². The van der Waals surface area contributed by atoms with E-state index in [1.807, 2.05) is 0 Å². The van der Waals surface area contributed by atoms with E-state index in [4.69, 9.17) is 0 Å². The zero-order valence-electron chi connectivity index (χ0n) is 7.74. The fourth-order valence-corrected chi connectivity index (χ4v) is 1.34. The quantitative estimate of drug-likeness (QED) is 0.836. The smallest absolute Gasteiger partial charge is 0.344 e. The van der Waals surface area contributed by atoms with Crippen LogP contribution in [0.2, 0.25) is 0 Å². The molecule has 0 saturated carbocycles. The molecule has 0 aliphatic rings. The van der Waals surface area contributed by atoms with Crippen LogP contribution >= 0.6 is 15.9 Å². The normalized spacial score (nSPS) is 11.3. The van der Waals surface area contributed by atoms with Gasteiger partial charge in [0.05, 0.1) is 0 Å². The fraction of sp³-hybridized carbons (Fsp3) is 0.222. The van der Waals surface area contributed by atoms with Gasteiger partial charge in [-0.1, -0.05) is 15.9 Å². The lowest BCUT2D eigenvalue weighted by Gasteiger charge is -2.09. The number of benzene rings is 1. The maximum atomic E-state index is 12.7. The molecule has 1 N–H and O–H groups in total. The van der Waals surface area contributed by atoms with Gasteiger partial charge >= 0.3 is 12.1 Å². The molecule has 0 spiro atoms. The molecule has 2 nitrogen and oxygen atoms in total. The molecule has 0 aliphatic heterocycles. The van der Waals surface area contributed by atoms with Crippen molar-refractivity contribution in [1.82, 2.24) is 5.32 Å². The first kappa shape index (κ1) is 13.0. The zero-order valence-corrected chi connectivity index (χ0v) is 9.32. The Morgan fingerprint density at radius 3 is 2.56 bits per heavy atom. The molecule has 1 aromatic carbocycles. The molecule has 0 saturated heterocycles. The third-order valence-electron chi connectivity index (χ3n) is 1.70. The van der Waals surface area contributed by atoms with Crippen molar-refractivity contribution in [3.8, 4) is 0 Å². The Bertz CT molecular complexity index is 405. The lowest BCUT2D eigenvalue weighted by atomic mass is 10.2. The van der Waals surface area contributed by atoms with Gasteiger partial charge in [-0.05, 0) is 23.8 Å². The van der Waals surface area contributed by atoms with Crippen LogP contribution in [0.4, 0.5) is 17.6 Å². The molecule has 1 aromatic rings. The first-order valence-corrected chi connectivity index (χ1v) is 4.89. The standard InChI is InChI=1S/C9H6BrF4NO/c10-7-2-1-6(11)3-5(7)4-15-8(16)9(12,13)14/h1-3H,4H2,(H,15,16). The minimum atomic E-state index is -4.93. The average Bonchev–Trinajstić information content (AvgIpc) is 2.17. The van der Waals surface area contributed by atoms with Gasteiger partial charge in [-0.15, -0.1) is 0 Å². The summed E-state index contributed by atoms with van der Waals surface area (Å²) in [6, 6.07) is 3.55. The number of hydrogen-bond acceptors (Lipinski definition) is 1. The second-order valence-electron chi connectivity index (χ2n) is 2.92. The Kier molecular flexibility index (Phi) is 3.90. The van der Waals surface area contributed by atoms with E-state index in [9.17, 15) is 22.4 Å². The van der Waals surface area contributed by atoms with Gasteiger partial charge in [-0.25, -0.2) is 4.39 Å². The van der Waals surface area contributed by atoms with Crippen molar-refractivity contribution in [2.45, 2.75) is 12.7 Å². The predicted molar refractivity (Wildman–Crippen MR) is 52.0 cm³/mol. The van der Waals surface area contributed by atoms with E-state index < -0.39 is 24.4 Å². The molecule has 0 bridgehead atoms. The third-order valence-corrected chi connectivity index (χ3v) is 2.48. The minimum Gasteiger partial charge on any atom is -0.344 e. The fourth-order valence-electron chi connectivity index (χ4n) is 0.955. The van der Waals surface area contributed by atoms with Gasteiger partial charge in [0.15, 0.2) is 0 Å². The van der Waals surface area contributed by atoms with Gasteiger partial charge < -0.3 is 5.32 Å². The van der Waals surface area contributed by atoms with E-state index in [2.05, 4.69) is 15.9 Å². The second kappa shape index (κ2) is 4.82. The van der Waals surface area contributed by atoms with Crippen LogP contribution in [-0.2, 0) is 11.3 Å². The molecular formula is C9H6BrF4NO. The third kappa shape index (κ3) is 3.48. The number of amides is 1. The van der Waals surface area contributed by atoms with Crippen LogP contribution in [0.15, 0.2) is 22.7 Å². The molecule has 1 amide bonds. The lowest BCUT2D eigenvalue weighted by Crippen LogP contribution is -2.36. The van der Waals surface area contributed by atoms with E-state index in [0.717, 1.165) is 12.1 Å². The van der Waals surface area contributed by atoms with Crippen LogP contribution in [0.5, 0.6) is 0 Å². The number of carbonyl (C=O) groups is 1. The summed E-state index contributed by atoms with van der Waals surface area (Å²) in [5, 5.41) is 1.65. The highest BCUT2D eigenvalue weighted by atomic mass is 79.9. The minimum absolute atomic E-state index is 0.234. The van der Waals surface area contributed by atoms with Gasteiger partial charge in [0.1, 0.15) is 5.82 Å². The molecule has 0 unspecified atom stereocenters. The Morgan fingerprint density at radius 1 is 1.38 bits per heavy atom. The molecule has 0 aromatic heterocycles. The largest absolute Gasteiger partial charge is 0.471 e. The first-order valence-electron chi connectivity index (χ1n) is 4.09. The summed E-state index contributed by atoms with van der Waals surface area (Å²) in [4.78, 5) is 10.5. The summed E-state index contributed by atoms with van der Waals surface area (Å²) >= 11 is 3.03. The summed E-state index contributed by atoms with van der Waals surface area (Å²) < 4.78 is 48.7. The van der Waals surface area contributed by atoms with Crippen molar-refractivity contribution in [3.63, 3.8) is 0 Å². The summed E-state index contributed by atoms with van der Waals surface area (Å²) in [6.07, 6.45) is -4.93. The van der Waals surface area contributed by atoms with Crippen molar-refractivity contribution in [2.24, 2.45) is 0 Å². The van der Waals surface area contributed by atoms with E-state index in [1.165, 1.54) is 6.07 Å². The molecule has 0 fully saturated rings. The molecule has 1 rings (SSSR count). The van der Waals surface area contributed by atoms with Crippen LogP contribution in [0, 0.1) is 5.82 Å². The number of rotatable bonds is 2. The van der Waals surface area contributed by atoms with E-state index in [0.29, 0.717) is 4.47 Å². The Balaban J connectivity index is 2.68. The number of carbonyl (C=O) groups excluding carboxylic acids is 1. The van der Waals surface area contributed by atoms with E-state index >= 15 is 0 Å². The highest BCUT2D eigenvalue weighted by Crippen LogP contribution is 2.19. The molecular weight excluding hydrogens is 294 g/mol. The number of hydrogen-bond donors (Lipinski definition) is 1. The number of halogens is 5. The van der Waals surface area contributed by atoms with Crippen LogP contribution in [0.1, 0.15) is 5.56 Å². The summed E-state index contributed by atoms with van der Waals surface area (Å²) in [5.41, 5.74) is 0.234. The van der Waals surface area contributed by atoms with Crippen molar-refractivity contribution < 1.29 is 22.4 Å². The van der Waals surface area contributed by atoms with Crippen molar-refractivity contribution >= 4 is 21.8 Å². The lowest BCUT2D eigenvalue weighted by molar-refractivity contribution is -0.173. The SMILES string of the molecule is O=C(NCc1cc(F)ccc1Br)C(F)(F)F. The van der Waals surface area contributed by atoms with Crippen molar-refractivity contribution in [3.05, 3.63) is 34.1 Å². The molecule has 7 heteroatoms. The number of nitrogens with one attached hydrogen (secondary N) is 1. The summed E-state index contributed by atoms with van der Waals surface area (Å²) in [5.74, 6) is -2.64. The average molecular weight is 300 g/mol. The van der Waals surface area contributed by atoms with E-state index in [-0.39, 0.29) is 5.56 Å². The van der Waals surface area contributed by atoms with Crippen LogP contribution < -0.4 is 5.32 Å². The molecule has 0 radical (unpaired) electrons. The Labute approximate surface area is 96.8 Å². The Hall–Kier alpha value is -1.11. The number of alkyl halides is 3.